The molecule has 2 aromatic carbocycles. The second kappa shape index (κ2) is 39.1. The lowest BCUT2D eigenvalue weighted by atomic mass is 9.99. The van der Waals surface area contributed by atoms with Gasteiger partial charge in [-0.2, -0.15) is 0 Å². The molecule has 2 aromatic rings. The van der Waals surface area contributed by atoms with Crippen molar-refractivity contribution >= 4 is 0 Å². The molecular weight excluding hydrogens is 797 g/mol. The molecule has 2 aliphatic heterocycles. The fraction of sp³-hybridized carbons (Fsp3) is 0.800. The van der Waals surface area contributed by atoms with Gasteiger partial charge in [0.1, 0.15) is 0 Å². The molecule has 2 aliphatic rings. The number of rotatable bonds is 44. The van der Waals surface area contributed by atoms with Gasteiger partial charge in [0, 0.05) is 52.5 Å². The maximum absolute atomic E-state index is 7.17. The Morgan fingerprint density at radius 3 is 0.954 bits per heavy atom. The number of benzene rings is 2. The van der Waals surface area contributed by atoms with Gasteiger partial charge in [-0.3, -0.25) is 9.80 Å². The highest BCUT2D eigenvalue weighted by Gasteiger charge is 2.26. The third kappa shape index (κ3) is 27.7. The number of nitrogens with zero attached hydrogens (tertiary/aromatic N) is 2. The highest BCUT2D eigenvalue weighted by atomic mass is 16.6. The van der Waals surface area contributed by atoms with Gasteiger partial charge in [0.2, 0.25) is 0 Å². The van der Waals surface area contributed by atoms with Crippen molar-refractivity contribution in [3.05, 3.63) is 70.8 Å². The summed E-state index contributed by atoms with van der Waals surface area (Å²) in [5.41, 5.74) is 5.95. The van der Waals surface area contributed by atoms with Gasteiger partial charge in [0.15, 0.2) is 0 Å². The first-order valence-electron chi connectivity index (χ1n) is 28.6. The molecule has 0 fully saturated rings. The molecule has 5 nitrogen and oxygen atoms in total. The van der Waals surface area contributed by atoms with Crippen LogP contribution in [0.4, 0.5) is 0 Å². The topological polar surface area (TPSA) is 34.2 Å². The Hall–Kier alpha value is -1.76. The fourth-order valence-electron chi connectivity index (χ4n) is 10.5. The lowest BCUT2D eigenvalue weighted by Crippen LogP contribution is -2.45. The van der Waals surface area contributed by atoms with Crippen LogP contribution >= 0.6 is 0 Å². The summed E-state index contributed by atoms with van der Waals surface area (Å²) in [7, 11) is 0. The summed E-state index contributed by atoms with van der Waals surface area (Å²) < 4.78 is 20.2. The zero-order valence-electron chi connectivity index (χ0n) is 43.0. The molecule has 0 aliphatic carbocycles. The molecule has 0 aromatic heterocycles. The predicted octanol–water partition coefficient (Wildman–Crippen LogP) is 16.4. The smallest absolute Gasteiger partial charge is 0.0940 e. The van der Waals surface area contributed by atoms with E-state index in [0.29, 0.717) is 13.2 Å². The largest absolute Gasteiger partial charge is 0.379 e. The van der Waals surface area contributed by atoms with Crippen molar-refractivity contribution in [3.63, 3.8) is 0 Å². The van der Waals surface area contributed by atoms with Crippen molar-refractivity contribution < 1.29 is 14.2 Å². The van der Waals surface area contributed by atoms with Crippen LogP contribution in [0, 0.1) is 0 Å². The number of ether oxygens (including phenoxy) is 3. The molecule has 0 saturated carbocycles. The van der Waals surface area contributed by atoms with Crippen LogP contribution in [0.5, 0.6) is 0 Å². The third-order valence-corrected chi connectivity index (χ3v) is 14.6. The van der Waals surface area contributed by atoms with Crippen molar-refractivity contribution in [2.75, 3.05) is 52.6 Å². The van der Waals surface area contributed by atoms with E-state index in [1.54, 1.807) is 0 Å². The highest BCUT2D eigenvalue weighted by molar-refractivity contribution is 5.30. The monoisotopic (exact) mass is 901 g/mol. The minimum absolute atomic E-state index is 0.0301. The minimum atomic E-state index is 0.0301. The van der Waals surface area contributed by atoms with E-state index in [1.165, 1.54) is 215 Å². The Labute approximate surface area is 403 Å². The van der Waals surface area contributed by atoms with E-state index in [4.69, 9.17) is 14.2 Å². The van der Waals surface area contributed by atoms with Gasteiger partial charge in [-0.25, -0.2) is 0 Å². The van der Waals surface area contributed by atoms with E-state index < -0.39 is 0 Å². The van der Waals surface area contributed by atoms with Crippen LogP contribution in [-0.2, 0) is 40.1 Å². The maximum Gasteiger partial charge on any atom is 0.0940 e. The average Bonchev–Trinajstić information content (AvgIpc) is 3.33. The standard InChI is InChI=1S/C60H104N2O3/c1-3-5-7-9-11-13-15-17-19-21-23-25-27-29-31-37-47-63-53-59(51-61-45-43-55-39-33-35-41-57(55)49-61)65-60(52-62-46-44-56-40-34-36-42-58(56)50-62)54-64-48-38-32-30-28-26-24-22-20-18-16-14-12-10-8-6-4-2/h33-36,39-42,59-60H,3-32,37-38,43-54H2,1-2H3. The molecule has 65 heavy (non-hydrogen) atoms. The van der Waals surface area contributed by atoms with Gasteiger partial charge < -0.3 is 14.2 Å². The number of hydrogen-bond acceptors (Lipinski definition) is 5. The van der Waals surface area contributed by atoms with Gasteiger partial charge in [-0.15, -0.1) is 0 Å². The van der Waals surface area contributed by atoms with E-state index >= 15 is 0 Å². The summed E-state index contributed by atoms with van der Waals surface area (Å²) in [6.07, 6.45) is 46.9. The Balaban J connectivity index is 1.14. The zero-order chi connectivity index (χ0) is 45.5. The highest BCUT2D eigenvalue weighted by Crippen LogP contribution is 2.23. The molecule has 0 bridgehead atoms. The zero-order valence-corrected chi connectivity index (χ0v) is 43.0. The van der Waals surface area contributed by atoms with Crippen molar-refractivity contribution in [1.82, 2.24) is 9.80 Å². The number of hydrogen-bond donors (Lipinski definition) is 0. The molecule has 372 valence electrons. The quantitative estimate of drug-likeness (QED) is 0.0619. The normalized spacial score (nSPS) is 15.3. The molecule has 0 saturated heterocycles. The van der Waals surface area contributed by atoms with Crippen molar-refractivity contribution in [2.45, 2.75) is 257 Å². The molecular formula is C60H104N2O3. The molecule has 0 amide bonds. The maximum atomic E-state index is 7.17. The molecule has 0 radical (unpaired) electrons. The van der Waals surface area contributed by atoms with E-state index in [2.05, 4.69) is 72.2 Å². The first kappa shape index (κ1) is 55.8. The first-order valence-corrected chi connectivity index (χ1v) is 28.6. The Bertz CT molecular complexity index is 1270. The summed E-state index contributed by atoms with van der Waals surface area (Å²) in [5, 5.41) is 0. The van der Waals surface area contributed by atoms with E-state index in [-0.39, 0.29) is 12.2 Å². The summed E-state index contributed by atoms with van der Waals surface area (Å²) in [6.45, 7) is 13.6. The minimum Gasteiger partial charge on any atom is -0.379 e. The SMILES string of the molecule is CCCCCCCCCCCCCCCCCCOCC(CN1CCc2ccccc2C1)OC(COCCCCCCCCCCCCCCCCCC)CN1CCc2ccccc2C1. The van der Waals surface area contributed by atoms with Crippen LogP contribution in [0.1, 0.15) is 242 Å². The van der Waals surface area contributed by atoms with Crippen molar-refractivity contribution in [1.29, 1.82) is 0 Å². The second-order valence-electron chi connectivity index (χ2n) is 20.6. The lowest BCUT2D eigenvalue weighted by molar-refractivity contribution is -0.105. The van der Waals surface area contributed by atoms with E-state index in [1.807, 2.05) is 0 Å². The molecule has 5 heteroatoms. The fourth-order valence-corrected chi connectivity index (χ4v) is 10.5. The Morgan fingerprint density at radius 1 is 0.369 bits per heavy atom. The molecule has 2 unspecified atom stereocenters. The lowest BCUT2D eigenvalue weighted by Gasteiger charge is -2.36. The predicted molar refractivity (Wildman–Crippen MR) is 280 cm³/mol. The van der Waals surface area contributed by atoms with Crippen LogP contribution in [0.15, 0.2) is 48.5 Å². The van der Waals surface area contributed by atoms with Gasteiger partial charge >= 0.3 is 0 Å². The van der Waals surface area contributed by atoms with Crippen LogP contribution in [-0.4, -0.2) is 74.6 Å². The van der Waals surface area contributed by atoms with Crippen molar-refractivity contribution in [3.8, 4) is 0 Å². The molecule has 4 rings (SSSR count). The number of fused-ring (bicyclic) bond motifs is 2. The summed E-state index contributed by atoms with van der Waals surface area (Å²) in [4.78, 5) is 5.22. The summed E-state index contributed by atoms with van der Waals surface area (Å²) in [5.74, 6) is 0. The van der Waals surface area contributed by atoms with Crippen molar-refractivity contribution in [2.24, 2.45) is 0 Å². The summed E-state index contributed by atoms with van der Waals surface area (Å²) in [6, 6.07) is 18.0. The summed E-state index contributed by atoms with van der Waals surface area (Å²) >= 11 is 0. The number of unbranched alkanes of at least 4 members (excludes halogenated alkanes) is 30. The molecule has 0 spiro atoms. The Morgan fingerprint density at radius 2 is 0.646 bits per heavy atom. The van der Waals surface area contributed by atoms with Crippen LogP contribution in [0.2, 0.25) is 0 Å². The average molecular weight is 902 g/mol. The first-order chi connectivity index (χ1) is 32.2. The molecule has 0 N–H and O–H groups in total. The van der Waals surface area contributed by atoms with Gasteiger partial charge in [-0.1, -0.05) is 255 Å². The van der Waals surface area contributed by atoms with Gasteiger partial charge in [0.25, 0.3) is 0 Å². The van der Waals surface area contributed by atoms with Gasteiger partial charge in [0.05, 0.1) is 25.4 Å². The van der Waals surface area contributed by atoms with Crippen LogP contribution < -0.4 is 0 Å². The molecule has 2 heterocycles. The van der Waals surface area contributed by atoms with Gasteiger partial charge in [-0.05, 0) is 47.9 Å². The Kier molecular flexibility index (Phi) is 33.6. The second-order valence-corrected chi connectivity index (χ2v) is 20.6. The third-order valence-electron chi connectivity index (χ3n) is 14.6. The van der Waals surface area contributed by atoms with Crippen LogP contribution in [0.25, 0.3) is 0 Å². The van der Waals surface area contributed by atoms with E-state index in [9.17, 15) is 0 Å². The van der Waals surface area contributed by atoms with Crippen LogP contribution in [0.3, 0.4) is 0 Å². The van der Waals surface area contributed by atoms with E-state index in [0.717, 1.165) is 78.2 Å². The molecule has 2 atom stereocenters.